The molecule has 0 unspecified atom stereocenters. The molecule has 1 saturated carbocycles. The summed E-state index contributed by atoms with van der Waals surface area (Å²) in [6, 6.07) is 8.08. The molecule has 2 rings (SSSR count). The minimum Gasteiger partial charge on any atom is -0.328 e. The number of nitrogens with zero attached hydrogens (tertiary/aromatic N) is 1. The highest BCUT2D eigenvalue weighted by molar-refractivity contribution is 9.10. The molecule has 0 bridgehead atoms. The van der Waals surface area contributed by atoms with E-state index in [0.717, 1.165) is 35.8 Å². The lowest BCUT2D eigenvalue weighted by Gasteiger charge is -2.29. The molecule has 2 N–H and O–H groups in total. The average Bonchev–Trinajstić information content (AvgIpc) is 2.38. The van der Waals surface area contributed by atoms with E-state index < -0.39 is 0 Å². The number of hydrogen-bond donors (Lipinski definition) is 1. The molecule has 1 amide bonds. The normalized spacial score (nSPS) is 23.7. The molecule has 0 atom stereocenters. The van der Waals surface area contributed by atoms with Crippen LogP contribution in [0.4, 0.5) is 5.69 Å². The zero-order valence-electron chi connectivity index (χ0n) is 10.6. The summed E-state index contributed by atoms with van der Waals surface area (Å²) in [5, 5.41) is 0. The van der Waals surface area contributed by atoms with Crippen LogP contribution in [0.15, 0.2) is 28.7 Å². The first-order chi connectivity index (χ1) is 8.59. The Morgan fingerprint density at radius 1 is 1.28 bits per heavy atom. The van der Waals surface area contributed by atoms with Crippen LogP contribution in [0.1, 0.15) is 25.7 Å². The minimum atomic E-state index is 0.127. The zero-order valence-corrected chi connectivity index (χ0v) is 12.2. The van der Waals surface area contributed by atoms with Gasteiger partial charge in [-0.25, -0.2) is 0 Å². The van der Waals surface area contributed by atoms with E-state index in [1.54, 1.807) is 4.90 Å². The Kier molecular flexibility index (Phi) is 4.40. The van der Waals surface area contributed by atoms with E-state index in [2.05, 4.69) is 15.9 Å². The maximum absolute atomic E-state index is 12.4. The fraction of sp³-hybridized carbons (Fsp3) is 0.500. The van der Waals surface area contributed by atoms with Gasteiger partial charge in [0.1, 0.15) is 0 Å². The molecular weight excluding hydrogens is 292 g/mol. The molecule has 98 valence electrons. The van der Waals surface area contributed by atoms with E-state index in [0.29, 0.717) is 0 Å². The third-order valence-corrected chi connectivity index (χ3v) is 4.34. The summed E-state index contributed by atoms with van der Waals surface area (Å²) in [5.41, 5.74) is 6.80. The van der Waals surface area contributed by atoms with Gasteiger partial charge < -0.3 is 10.6 Å². The Bertz CT molecular complexity index is 428. The average molecular weight is 311 g/mol. The second-order valence-corrected chi connectivity index (χ2v) is 5.81. The third kappa shape index (κ3) is 2.93. The van der Waals surface area contributed by atoms with E-state index in [4.69, 9.17) is 5.73 Å². The fourth-order valence-electron chi connectivity index (χ4n) is 2.48. The lowest BCUT2D eigenvalue weighted by Crippen LogP contribution is -2.37. The molecule has 1 aliphatic rings. The van der Waals surface area contributed by atoms with Gasteiger partial charge in [0.25, 0.3) is 0 Å². The predicted octanol–water partition coefficient (Wildman–Crippen LogP) is 2.93. The lowest BCUT2D eigenvalue weighted by molar-refractivity contribution is -0.123. The van der Waals surface area contributed by atoms with Crippen molar-refractivity contribution in [3.05, 3.63) is 28.7 Å². The van der Waals surface area contributed by atoms with Crippen LogP contribution in [0.2, 0.25) is 0 Å². The van der Waals surface area contributed by atoms with E-state index >= 15 is 0 Å². The Labute approximate surface area is 116 Å². The lowest BCUT2D eigenvalue weighted by atomic mass is 9.85. The van der Waals surface area contributed by atoms with Crippen LogP contribution in [0.25, 0.3) is 0 Å². The Morgan fingerprint density at radius 2 is 1.89 bits per heavy atom. The van der Waals surface area contributed by atoms with Crippen molar-refractivity contribution in [2.75, 3.05) is 11.9 Å². The van der Waals surface area contributed by atoms with Gasteiger partial charge in [-0.3, -0.25) is 4.79 Å². The van der Waals surface area contributed by atoms with E-state index in [9.17, 15) is 4.79 Å². The van der Waals surface area contributed by atoms with Gasteiger partial charge in [0.05, 0.1) is 5.69 Å². The Morgan fingerprint density at radius 3 is 2.50 bits per heavy atom. The van der Waals surface area contributed by atoms with Crippen LogP contribution >= 0.6 is 15.9 Å². The number of benzene rings is 1. The Balaban J connectivity index is 2.07. The Hall–Kier alpha value is -0.870. The maximum Gasteiger partial charge on any atom is 0.229 e. The van der Waals surface area contributed by atoms with Gasteiger partial charge in [-0.1, -0.05) is 12.1 Å². The van der Waals surface area contributed by atoms with Crippen LogP contribution in [-0.2, 0) is 4.79 Å². The first-order valence-corrected chi connectivity index (χ1v) is 7.16. The number of para-hydroxylation sites is 1. The van der Waals surface area contributed by atoms with Gasteiger partial charge in [0, 0.05) is 23.5 Å². The SMILES string of the molecule is CN(C(=O)C1CCC(N)CC1)c1ccccc1Br. The summed E-state index contributed by atoms with van der Waals surface area (Å²) in [4.78, 5) is 14.2. The van der Waals surface area contributed by atoms with Gasteiger partial charge in [0.2, 0.25) is 5.91 Å². The van der Waals surface area contributed by atoms with Crippen LogP contribution in [0, 0.1) is 5.92 Å². The number of nitrogens with two attached hydrogens (primary N) is 1. The number of carbonyl (C=O) groups excluding carboxylic acids is 1. The maximum atomic E-state index is 12.4. The quantitative estimate of drug-likeness (QED) is 0.913. The van der Waals surface area contributed by atoms with Gasteiger partial charge in [-0.15, -0.1) is 0 Å². The highest BCUT2D eigenvalue weighted by Gasteiger charge is 2.27. The number of rotatable bonds is 2. The van der Waals surface area contributed by atoms with Gasteiger partial charge in [0.15, 0.2) is 0 Å². The van der Waals surface area contributed by atoms with Crippen molar-refractivity contribution in [3.63, 3.8) is 0 Å². The number of amides is 1. The van der Waals surface area contributed by atoms with Crippen molar-refractivity contribution >= 4 is 27.5 Å². The summed E-state index contributed by atoms with van der Waals surface area (Å²) >= 11 is 3.48. The smallest absolute Gasteiger partial charge is 0.229 e. The predicted molar refractivity (Wildman–Crippen MR) is 77.5 cm³/mol. The van der Waals surface area contributed by atoms with Crippen LogP contribution in [0.3, 0.4) is 0 Å². The highest BCUT2D eigenvalue weighted by Crippen LogP contribution is 2.29. The van der Waals surface area contributed by atoms with Crippen molar-refractivity contribution in [2.45, 2.75) is 31.7 Å². The topological polar surface area (TPSA) is 46.3 Å². The van der Waals surface area contributed by atoms with Crippen molar-refractivity contribution in [1.82, 2.24) is 0 Å². The van der Waals surface area contributed by atoms with E-state index in [1.807, 2.05) is 31.3 Å². The molecule has 1 aromatic rings. The molecular formula is C14H19BrN2O. The van der Waals surface area contributed by atoms with Crippen LogP contribution < -0.4 is 10.6 Å². The van der Waals surface area contributed by atoms with Gasteiger partial charge >= 0.3 is 0 Å². The fourth-order valence-corrected chi connectivity index (χ4v) is 3.03. The molecule has 0 radical (unpaired) electrons. The van der Waals surface area contributed by atoms with Crippen molar-refractivity contribution in [3.8, 4) is 0 Å². The van der Waals surface area contributed by atoms with Crippen LogP contribution in [0.5, 0.6) is 0 Å². The summed E-state index contributed by atoms with van der Waals surface area (Å²) in [5.74, 6) is 0.329. The second-order valence-electron chi connectivity index (χ2n) is 4.96. The molecule has 4 heteroatoms. The van der Waals surface area contributed by atoms with Crippen molar-refractivity contribution in [2.24, 2.45) is 11.7 Å². The van der Waals surface area contributed by atoms with E-state index in [-0.39, 0.29) is 17.9 Å². The van der Waals surface area contributed by atoms with E-state index in [1.165, 1.54) is 0 Å². The molecule has 1 aliphatic carbocycles. The monoisotopic (exact) mass is 310 g/mol. The number of anilines is 1. The molecule has 3 nitrogen and oxygen atoms in total. The highest BCUT2D eigenvalue weighted by atomic mass is 79.9. The number of carbonyl (C=O) groups is 1. The summed E-state index contributed by atoms with van der Waals surface area (Å²) in [6.07, 6.45) is 3.74. The molecule has 1 aromatic carbocycles. The zero-order chi connectivity index (χ0) is 13.1. The number of halogens is 1. The summed E-state index contributed by atoms with van der Waals surface area (Å²) < 4.78 is 0.952. The molecule has 18 heavy (non-hydrogen) atoms. The largest absolute Gasteiger partial charge is 0.328 e. The molecule has 0 heterocycles. The van der Waals surface area contributed by atoms with Crippen LogP contribution in [-0.4, -0.2) is 19.0 Å². The molecule has 0 aliphatic heterocycles. The van der Waals surface area contributed by atoms with Gasteiger partial charge in [-0.2, -0.15) is 0 Å². The molecule has 0 spiro atoms. The first-order valence-electron chi connectivity index (χ1n) is 6.37. The molecule has 0 saturated heterocycles. The van der Waals surface area contributed by atoms with Gasteiger partial charge in [-0.05, 0) is 53.7 Å². The molecule has 0 aromatic heterocycles. The first kappa shape index (κ1) is 13.6. The second kappa shape index (κ2) is 5.85. The summed E-state index contributed by atoms with van der Waals surface area (Å²) in [6.45, 7) is 0. The minimum absolute atomic E-state index is 0.127. The molecule has 1 fully saturated rings. The third-order valence-electron chi connectivity index (χ3n) is 3.67. The summed E-state index contributed by atoms with van der Waals surface area (Å²) in [7, 11) is 1.84. The standard InChI is InChI=1S/C14H19BrN2O/c1-17(13-5-3-2-4-12(13)15)14(18)10-6-8-11(16)9-7-10/h2-5,10-11H,6-9,16H2,1H3. The van der Waals surface area contributed by atoms with Crippen molar-refractivity contribution in [1.29, 1.82) is 0 Å². The van der Waals surface area contributed by atoms with Crippen molar-refractivity contribution < 1.29 is 4.79 Å². The number of hydrogen-bond acceptors (Lipinski definition) is 2.